The van der Waals surface area contributed by atoms with Crippen molar-refractivity contribution in [3.8, 4) is 11.3 Å². The Hall–Kier alpha value is -1.42. The second kappa shape index (κ2) is 8.94. The van der Waals surface area contributed by atoms with Crippen molar-refractivity contribution in [2.24, 2.45) is 0 Å². The molecule has 0 aliphatic heterocycles. The number of ether oxygens (including phenoxy) is 1. The van der Waals surface area contributed by atoms with Crippen LogP contribution in [0.5, 0.6) is 0 Å². The van der Waals surface area contributed by atoms with Gasteiger partial charge in [0.15, 0.2) is 0 Å². The molecule has 0 aromatic carbocycles. The van der Waals surface area contributed by atoms with E-state index in [9.17, 15) is 4.39 Å². The maximum absolute atomic E-state index is 13.6. The first kappa shape index (κ1) is 21.3. The molecule has 1 radical (unpaired) electrons. The van der Waals surface area contributed by atoms with Gasteiger partial charge in [-0.3, -0.25) is 0 Å². The second-order valence-corrected chi connectivity index (χ2v) is 9.39. The van der Waals surface area contributed by atoms with Crippen LogP contribution in [0.15, 0.2) is 24.4 Å². The van der Waals surface area contributed by atoms with Crippen molar-refractivity contribution >= 4 is 42.9 Å². The Bertz CT molecular complexity index is 989. The summed E-state index contributed by atoms with van der Waals surface area (Å²) in [6, 6.07) is 5.63. The van der Waals surface area contributed by atoms with Gasteiger partial charge < -0.3 is 0 Å². The standard InChI is InChI=1S/C21H25AsClFN3O/c1-12(2)17-7-6-15(21(22-4)25-17)20-16(23)8-18-19(26-20)13(3)10-27(18)14(9-24)11-28-5/h6-8,10,12,14H,9,11H2,1-5H3/t14-/m0/s1. The quantitative estimate of drug-likeness (QED) is 0.475. The Kier molecular flexibility index (Phi) is 6.80. The van der Waals surface area contributed by atoms with Crippen LogP contribution >= 0.6 is 11.6 Å². The van der Waals surface area contributed by atoms with Gasteiger partial charge in [0, 0.05) is 0 Å². The molecule has 3 aromatic heterocycles. The summed E-state index contributed by atoms with van der Waals surface area (Å²) in [5.41, 5.74) is 7.64. The van der Waals surface area contributed by atoms with Crippen molar-refractivity contribution in [1.82, 2.24) is 14.5 Å². The molecule has 3 aromatic rings. The number of halogens is 2. The van der Waals surface area contributed by atoms with E-state index < -0.39 is 12.7 Å². The predicted octanol–water partition coefficient (Wildman–Crippen LogP) is 4.72. The van der Waals surface area contributed by atoms with Crippen molar-refractivity contribution in [1.29, 1.82) is 0 Å². The molecule has 3 heterocycles. The summed E-state index contributed by atoms with van der Waals surface area (Å²) >= 11 is 6.57. The van der Waals surface area contributed by atoms with Gasteiger partial charge in [0.1, 0.15) is 0 Å². The fourth-order valence-electron chi connectivity index (χ4n) is 3.33. The van der Waals surface area contributed by atoms with Gasteiger partial charge in [-0.15, -0.1) is 0 Å². The van der Waals surface area contributed by atoms with Crippen LogP contribution in [-0.4, -0.2) is 50.7 Å². The number of rotatable bonds is 7. The molecule has 4 nitrogen and oxygen atoms in total. The van der Waals surface area contributed by atoms with E-state index in [0.29, 0.717) is 17.5 Å². The molecule has 0 unspecified atom stereocenters. The Morgan fingerprint density at radius 3 is 2.64 bits per heavy atom. The number of pyridine rings is 2. The monoisotopic (exact) mass is 464 g/mol. The molecular weight excluding hydrogens is 440 g/mol. The second-order valence-electron chi connectivity index (χ2n) is 7.15. The first-order valence-corrected chi connectivity index (χ1v) is 12.4. The van der Waals surface area contributed by atoms with Crippen molar-refractivity contribution < 1.29 is 9.13 Å². The van der Waals surface area contributed by atoms with Crippen LogP contribution in [0.4, 0.5) is 4.39 Å². The fourth-order valence-corrected chi connectivity index (χ4v) is 4.91. The van der Waals surface area contributed by atoms with E-state index in [-0.39, 0.29) is 15.8 Å². The maximum atomic E-state index is 13.6. The van der Waals surface area contributed by atoms with Crippen LogP contribution < -0.4 is 4.48 Å². The van der Waals surface area contributed by atoms with Crippen molar-refractivity contribution in [2.45, 2.75) is 38.4 Å². The average Bonchev–Trinajstić information content (AvgIpc) is 3.00. The molecule has 7 heteroatoms. The fraction of sp³-hybridized carbons (Fsp3) is 0.429. The zero-order chi connectivity index (χ0) is 20.4. The van der Waals surface area contributed by atoms with Crippen LogP contribution in [-0.2, 0) is 4.74 Å². The van der Waals surface area contributed by atoms with E-state index in [1.54, 1.807) is 7.11 Å². The summed E-state index contributed by atoms with van der Waals surface area (Å²) in [6.45, 7) is 6.05. The van der Waals surface area contributed by atoms with Crippen molar-refractivity contribution in [2.75, 3.05) is 20.4 Å². The van der Waals surface area contributed by atoms with Crippen LogP contribution in [0.1, 0.15) is 37.1 Å². The molecule has 28 heavy (non-hydrogen) atoms. The number of hydrogen-bond donors (Lipinski definition) is 0. The molecule has 0 aliphatic rings. The Balaban J connectivity index is 2.17. The Morgan fingerprint density at radius 2 is 2.04 bits per heavy atom. The van der Waals surface area contributed by atoms with Crippen LogP contribution in [0, 0.1) is 6.92 Å². The van der Waals surface area contributed by atoms with Gasteiger partial charge in [0.05, 0.1) is 0 Å². The van der Waals surface area contributed by atoms with E-state index >= 15 is 0 Å². The van der Waals surface area contributed by atoms with Gasteiger partial charge in [0.2, 0.25) is 0 Å². The topological polar surface area (TPSA) is 39.9 Å². The molecule has 0 fully saturated rings. The first-order valence-electron chi connectivity index (χ1n) is 9.25. The summed E-state index contributed by atoms with van der Waals surface area (Å²) in [5, 5.41) is 0.553. The van der Waals surface area contributed by atoms with E-state index in [4.69, 9.17) is 26.3 Å². The molecule has 0 aliphatic carbocycles. The first-order chi connectivity index (χ1) is 13.4. The molecular formula is C21H25AsClFN3O. The van der Waals surface area contributed by atoms with Gasteiger partial charge >= 0.3 is 177 Å². The minimum absolute atomic E-state index is 0.0867. The zero-order valence-electron chi connectivity index (χ0n) is 16.8. The van der Waals surface area contributed by atoms with E-state index in [1.165, 1.54) is 0 Å². The summed E-state index contributed by atoms with van der Waals surface area (Å²) in [4.78, 5) is 9.74. The summed E-state index contributed by atoms with van der Waals surface area (Å²) < 4.78 is 21.7. The third-order valence-corrected chi connectivity index (χ3v) is 6.72. The normalized spacial score (nSPS) is 13.3. The number of alkyl halides is 1. The van der Waals surface area contributed by atoms with Crippen molar-refractivity contribution in [3.05, 3.63) is 40.7 Å². The third kappa shape index (κ3) is 3.98. The average molecular weight is 465 g/mol. The van der Waals surface area contributed by atoms with E-state index in [2.05, 4.69) is 31.7 Å². The van der Waals surface area contributed by atoms with Crippen LogP contribution in [0.2, 0.25) is 10.7 Å². The van der Waals surface area contributed by atoms with Gasteiger partial charge in [-0.05, 0) is 0 Å². The number of nitrogens with zero attached hydrogens (tertiary/aromatic N) is 3. The van der Waals surface area contributed by atoms with Gasteiger partial charge in [0.25, 0.3) is 0 Å². The minimum atomic E-state index is -0.513. The molecule has 149 valence electrons. The van der Waals surface area contributed by atoms with E-state index in [0.717, 1.165) is 38.0 Å². The number of aromatic nitrogens is 3. The van der Waals surface area contributed by atoms with E-state index in [1.807, 2.05) is 23.8 Å². The van der Waals surface area contributed by atoms with Crippen LogP contribution in [0.25, 0.3) is 22.3 Å². The zero-order valence-corrected chi connectivity index (χ0v) is 19.5. The summed E-state index contributed by atoms with van der Waals surface area (Å²) in [7, 11) is 1.58. The third-order valence-electron chi connectivity index (χ3n) is 4.83. The molecule has 3 rings (SSSR count). The van der Waals surface area contributed by atoms with Gasteiger partial charge in [-0.25, -0.2) is 0 Å². The molecule has 0 spiro atoms. The molecule has 0 saturated heterocycles. The molecule has 0 N–H and O–H groups in total. The van der Waals surface area contributed by atoms with Crippen LogP contribution in [0.3, 0.4) is 0 Å². The Labute approximate surface area is 177 Å². The molecule has 0 amide bonds. The summed E-state index contributed by atoms with van der Waals surface area (Å²) in [5.74, 6) is 0.376. The number of hydrogen-bond acceptors (Lipinski definition) is 3. The SMILES string of the molecule is COC[C@H](CF)n1cc(C)c2nc(-c3ccc(C(C)C)nc3[As]C)c(Cl)cc21. The van der Waals surface area contributed by atoms with Gasteiger partial charge in [-0.2, -0.15) is 0 Å². The molecule has 1 atom stereocenters. The molecule has 0 bridgehead atoms. The Morgan fingerprint density at radius 1 is 1.29 bits per heavy atom. The van der Waals surface area contributed by atoms with Gasteiger partial charge in [-0.1, -0.05) is 0 Å². The molecule has 0 saturated carbocycles. The van der Waals surface area contributed by atoms with Crippen molar-refractivity contribution in [3.63, 3.8) is 0 Å². The number of methoxy groups -OCH3 is 1. The number of aryl methyl sites for hydroxylation is 1. The number of fused-ring (bicyclic) bond motifs is 1. The summed E-state index contributed by atoms with van der Waals surface area (Å²) in [6.07, 6.45) is 1.92. The predicted molar refractivity (Wildman–Crippen MR) is 115 cm³/mol.